The molecule has 0 fully saturated rings. The van der Waals surface area contributed by atoms with E-state index >= 15 is 0 Å². The molecular weight excluding hydrogens is 212 g/mol. The second-order valence-electron chi connectivity index (χ2n) is 3.75. The lowest BCUT2D eigenvalue weighted by Crippen LogP contribution is -2.36. The number of nitrogens with one attached hydrogen (secondary N) is 2. The smallest absolute Gasteiger partial charge is 0.315 e. The van der Waals surface area contributed by atoms with Gasteiger partial charge >= 0.3 is 6.03 Å². The van der Waals surface area contributed by atoms with Crippen LogP contribution in [0.2, 0.25) is 0 Å². The molecule has 3 nitrogen and oxygen atoms in total. The highest BCUT2D eigenvalue weighted by Crippen LogP contribution is 1.97. The second kappa shape index (κ2) is 11.0. The molecule has 0 atom stereocenters. The summed E-state index contributed by atoms with van der Waals surface area (Å²) < 4.78 is 0. The molecule has 96 valence electrons. The summed E-state index contributed by atoms with van der Waals surface area (Å²) in [7, 11) is 0. The number of unbranched alkanes of at least 4 members (excludes halogenated alkanes) is 1. The summed E-state index contributed by atoms with van der Waals surface area (Å²) in [4.78, 5) is 11.4. The van der Waals surface area contributed by atoms with Gasteiger partial charge in [0.2, 0.25) is 0 Å². The van der Waals surface area contributed by atoms with E-state index in [1.807, 2.05) is 12.2 Å². The number of hydrogen-bond donors (Lipinski definition) is 2. The Balaban J connectivity index is 3.96. The predicted molar refractivity (Wildman–Crippen MR) is 74.0 cm³/mol. The Morgan fingerprint density at radius 2 is 2.06 bits per heavy atom. The molecule has 0 saturated heterocycles. The van der Waals surface area contributed by atoms with Gasteiger partial charge in [-0.25, -0.2) is 4.79 Å². The summed E-state index contributed by atoms with van der Waals surface area (Å²) in [6.45, 7) is 9.09. The zero-order chi connectivity index (χ0) is 12.9. The largest absolute Gasteiger partial charge is 0.338 e. The van der Waals surface area contributed by atoms with Crippen LogP contribution in [0.5, 0.6) is 0 Å². The first-order valence-electron chi connectivity index (χ1n) is 6.24. The molecule has 0 bridgehead atoms. The van der Waals surface area contributed by atoms with Gasteiger partial charge in [0.15, 0.2) is 0 Å². The molecule has 0 aromatic rings. The van der Waals surface area contributed by atoms with Crippen molar-refractivity contribution in [1.82, 2.24) is 10.6 Å². The minimum atomic E-state index is -0.113. The van der Waals surface area contributed by atoms with E-state index in [1.165, 1.54) is 0 Å². The number of rotatable bonds is 8. The van der Waals surface area contributed by atoms with Gasteiger partial charge in [-0.3, -0.25) is 0 Å². The summed E-state index contributed by atoms with van der Waals surface area (Å²) in [5.41, 5.74) is 1.05. The van der Waals surface area contributed by atoms with Crippen LogP contribution in [0.25, 0.3) is 0 Å². The van der Waals surface area contributed by atoms with Crippen molar-refractivity contribution in [3.05, 3.63) is 36.5 Å². The van der Waals surface area contributed by atoms with Gasteiger partial charge in [0, 0.05) is 13.1 Å². The number of carbonyl (C=O) groups is 1. The molecule has 17 heavy (non-hydrogen) atoms. The van der Waals surface area contributed by atoms with Gasteiger partial charge in [-0.05, 0) is 18.4 Å². The van der Waals surface area contributed by atoms with Crippen molar-refractivity contribution in [3.63, 3.8) is 0 Å². The molecule has 0 unspecified atom stereocenters. The topological polar surface area (TPSA) is 41.1 Å². The predicted octanol–water partition coefficient (Wildman–Crippen LogP) is 3.16. The molecule has 2 amide bonds. The SMILES string of the molecule is C=C/C=C(\C=C/CC)CNC(=O)NCCCC. The summed E-state index contributed by atoms with van der Waals surface area (Å²) in [5.74, 6) is 0. The Bertz CT molecular complexity index is 280. The van der Waals surface area contributed by atoms with E-state index in [4.69, 9.17) is 0 Å². The fourth-order valence-corrected chi connectivity index (χ4v) is 1.22. The lowest BCUT2D eigenvalue weighted by molar-refractivity contribution is 0.241. The van der Waals surface area contributed by atoms with Crippen LogP contribution < -0.4 is 10.6 Å². The highest BCUT2D eigenvalue weighted by molar-refractivity contribution is 5.74. The normalized spacial score (nSPS) is 11.5. The van der Waals surface area contributed by atoms with Gasteiger partial charge in [-0.15, -0.1) is 0 Å². The van der Waals surface area contributed by atoms with E-state index in [0.717, 1.165) is 31.4 Å². The fraction of sp³-hybridized carbons (Fsp3) is 0.500. The highest BCUT2D eigenvalue weighted by atomic mass is 16.2. The van der Waals surface area contributed by atoms with Crippen molar-refractivity contribution in [3.8, 4) is 0 Å². The van der Waals surface area contributed by atoms with E-state index in [1.54, 1.807) is 6.08 Å². The van der Waals surface area contributed by atoms with E-state index in [-0.39, 0.29) is 6.03 Å². The monoisotopic (exact) mass is 236 g/mol. The lowest BCUT2D eigenvalue weighted by atomic mass is 10.2. The minimum absolute atomic E-state index is 0.113. The number of allylic oxidation sites excluding steroid dienone is 3. The maximum Gasteiger partial charge on any atom is 0.315 e. The molecule has 0 heterocycles. The summed E-state index contributed by atoms with van der Waals surface area (Å²) in [5, 5.41) is 5.63. The number of urea groups is 1. The third-order valence-corrected chi connectivity index (χ3v) is 2.17. The van der Waals surface area contributed by atoms with Crippen molar-refractivity contribution in [2.24, 2.45) is 0 Å². The van der Waals surface area contributed by atoms with Crippen LogP contribution >= 0.6 is 0 Å². The molecule has 0 aromatic carbocycles. The zero-order valence-corrected chi connectivity index (χ0v) is 11.0. The Morgan fingerprint density at radius 3 is 2.65 bits per heavy atom. The summed E-state index contributed by atoms with van der Waals surface area (Å²) >= 11 is 0. The van der Waals surface area contributed by atoms with Crippen LogP contribution in [0, 0.1) is 0 Å². The first-order valence-corrected chi connectivity index (χ1v) is 6.24. The Kier molecular flexibility index (Phi) is 10.0. The average molecular weight is 236 g/mol. The van der Waals surface area contributed by atoms with Crippen LogP contribution in [-0.2, 0) is 0 Å². The molecule has 0 aliphatic heterocycles. The maximum absolute atomic E-state index is 11.4. The molecule has 0 aliphatic carbocycles. The molecule has 3 heteroatoms. The third kappa shape index (κ3) is 9.42. The molecule has 0 radical (unpaired) electrons. The van der Waals surface area contributed by atoms with Gasteiger partial charge in [0.25, 0.3) is 0 Å². The van der Waals surface area contributed by atoms with Gasteiger partial charge in [-0.2, -0.15) is 0 Å². The van der Waals surface area contributed by atoms with Crippen LogP contribution in [0.3, 0.4) is 0 Å². The maximum atomic E-state index is 11.4. The highest BCUT2D eigenvalue weighted by Gasteiger charge is 1.98. The van der Waals surface area contributed by atoms with Crippen molar-refractivity contribution in [2.45, 2.75) is 33.1 Å². The molecule has 2 N–H and O–H groups in total. The fourth-order valence-electron chi connectivity index (χ4n) is 1.22. The van der Waals surface area contributed by atoms with Crippen molar-refractivity contribution in [2.75, 3.05) is 13.1 Å². The standard InChI is InChI=1S/C14H24N2O/c1-4-7-10-13(9-6-3)12-16-14(17)15-11-8-5-2/h6-7,9-10H,3-5,8,11-12H2,1-2H3,(H2,15,16,17)/b10-7-,13-9+. The van der Waals surface area contributed by atoms with Gasteiger partial charge in [-0.1, -0.05) is 51.2 Å². The van der Waals surface area contributed by atoms with Gasteiger partial charge in [0.1, 0.15) is 0 Å². The number of carbonyl (C=O) groups excluding carboxylic acids is 1. The number of hydrogen-bond acceptors (Lipinski definition) is 1. The van der Waals surface area contributed by atoms with Crippen LogP contribution in [0.1, 0.15) is 33.1 Å². The Labute approximate surface area is 105 Å². The van der Waals surface area contributed by atoms with Crippen molar-refractivity contribution in [1.29, 1.82) is 0 Å². The van der Waals surface area contributed by atoms with E-state index in [9.17, 15) is 4.79 Å². The minimum Gasteiger partial charge on any atom is -0.338 e. The molecule has 0 aromatic heterocycles. The Hall–Kier alpha value is -1.51. The van der Waals surface area contributed by atoms with Gasteiger partial charge < -0.3 is 10.6 Å². The summed E-state index contributed by atoms with van der Waals surface area (Å²) in [6.07, 6.45) is 10.8. The first kappa shape index (κ1) is 15.5. The van der Waals surface area contributed by atoms with Crippen LogP contribution in [0.15, 0.2) is 36.5 Å². The quantitative estimate of drug-likeness (QED) is 0.493. The molecule has 0 saturated carbocycles. The van der Waals surface area contributed by atoms with Crippen molar-refractivity contribution < 1.29 is 4.79 Å². The summed E-state index contributed by atoms with van der Waals surface area (Å²) in [6, 6.07) is -0.113. The van der Waals surface area contributed by atoms with E-state index < -0.39 is 0 Å². The van der Waals surface area contributed by atoms with Gasteiger partial charge in [0.05, 0.1) is 0 Å². The molecular formula is C14H24N2O. The van der Waals surface area contributed by atoms with Crippen LogP contribution in [0.4, 0.5) is 4.79 Å². The molecule has 0 spiro atoms. The third-order valence-electron chi connectivity index (χ3n) is 2.17. The van der Waals surface area contributed by atoms with Crippen molar-refractivity contribution >= 4 is 6.03 Å². The number of amides is 2. The average Bonchev–Trinajstić information content (AvgIpc) is 2.33. The molecule has 0 rings (SSSR count). The zero-order valence-electron chi connectivity index (χ0n) is 11.0. The van der Waals surface area contributed by atoms with E-state index in [2.05, 4.69) is 37.1 Å². The second-order valence-corrected chi connectivity index (χ2v) is 3.75. The lowest BCUT2D eigenvalue weighted by Gasteiger charge is -2.07. The van der Waals surface area contributed by atoms with E-state index in [0.29, 0.717) is 6.54 Å². The Morgan fingerprint density at radius 1 is 1.29 bits per heavy atom. The van der Waals surface area contributed by atoms with Crippen LogP contribution in [-0.4, -0.2) is 19.1 Å². The molecule has 0 aliphatic rings. The first-order chi connectivity index (χ1) is 8.24.